The highest BCUT2D eigenvalue weighted by Gasteiger charge is 2.60. The van der Waals surface area contributed by atoms with E-state index >= 15 is 0 Å². The third kappa shape index (κ3) is 5.81. The molecule has 5 N–H and O–H groups in total. The number of imidazole rings is 1. The average Bonchev–Trinajstić information content (AvgIpc) is 3.36. The van der Waals surface area contributed by atoms with Crippen LogP contribution in [0.1, 0.15) is 32.6 Å². The van der Waals surface area contributed by atoms with E-state index in [0.717, 1.165) is 10.5 Å². The van der Waals surface area contributed by atoms with Gasteiger partial charge in [-0.2, -0.15) is 9.97 Å². The Balaban J connectivity index is 1.27. The zero-order valence-electron chi connectivity index (χ0n) is 20.8. The van der Waals surface area contributed by atoms with E-state index in [0.29, 0.717) is 17.6 Å². The van der Waals surface area contributed by atoms with E-state index in [1.165, 1.54) is 17.8 Å². The molecule has 206 valence electrons. The standard InChI is InChI=1S/C22H28IN6O6PS2/c1-21(2,23)38-37-14-7-5-4-6-12(14)8-9-32-36(31)33-10-13-16(35-36)22(3,30)19(34-13)29-11-26-15-17(24)27-20(25)28-18(15)29/h4-7,11,13,16,19,30H,8-10H2,1-3H3,(H4,24,25,27,28)/t13-,16-,19-,22-,36?/m1/s1. The van der Waals surface area contributed by atoms with Crippen LogP contribution in [-0.4, -0.2) is 58.4 Å². The number of halogens is 1. The second kappa shape index (κ2) is 10.7. The van der Waals surface area contributed by atoms with Gasteiger partial charge in [-0.05, 0) is 38.8 Å². The summed E-state index contributed by atoms with van der Waals surface area (Å²) < 4.78 is 37.9. The molecular formula is C22H28IN6O6PS2. The first-order chi connectivity index (χ1) is 17.9. The van der Waals surface area contributed by atoms with Crippen molar-refractivity contribution in [2.45, 2.75) is 58.9 Å². The molecule has 2 aliphatic heterocycles. The van der Waals surface area contributed by atoms with Crippen molar-refractivity contribution >= 4 is 74.9 Å². The minimum absolute atomic E-state index is 0.0409. The molecule has 2 saturated heterocycles. The summed E-state index contributed by atoms with van der Waals surface area (Å²) in [6, 6.07) is 8.01. The summed E-state index contributed by atoms with van der Waals surface area (Å²) in [5, 5.41) is 11.5. The number of nitrogens with two attached hydrogens (primary N) is 2. The molecule has 0 saturated carbocycles. The molecule has 5 rings (SSSR count). The number of rotatable bonds is 8. The Hall–Kier alpha value is -1.17. The number of phosphoric acid groups is 1. The number of fused-ring (bicyclic) bond motifs is 2. The van der Waals surface area contributed by atoms with Crippen molar-refractivity contribution in [3.05, 3.63) is 36.2 Å². The molecule has 12 nitrogen and oxygen atoms in total. The largest absolute Gasteiger partial charge is 0.475 e. The van der Waals surface area contributed by atoms with Crippen LogP contribution in [0.5, 0.6) is 0 Å². The van der Waals surface area contributed by atoms with Gasteiger partial charge in [0.25, 0.3) is 0 Å². The van der Waals surface area contributed by atoms with Crippen molar-refractivity contribution in [3.63, 3.8) is 0 Å². The van der Waals surface area contributed by atoms with Gasteiger partial charge >= 0.3 is 7.82 Å². The molecule has 0 spiro atoms. The van der Waals surface area contributed by atoms with Gasteiger partial charge in [0, 0.05) is 4.90 Å². The molecule has 5 atom stereocenters. The van der Waals surface area contributed by atoms with E-state index < -0.39 is 31.9 Å². The van der Waals surface area contributed by atoms with Crippen LogP contribution in [0.2, 0.25) is 0 Å². The Bertz CT molecular complexity index is 1390. The zero-order valence-corrected chi connectivity index (χ0v) is 25.5. The van der Waals surface area contributed by atoms with Crippen LogP contribution < -0.4 is 11.5 Å². The number of hydrogen-bond acceptors (Lipinski definition) is 13. The summed E-state index contributed by atoms with van der Waals surface area (Å²) in [7, 11) is -0.514. The SMILES string of the molecule is CC(C)(I)SSc1ccccc1CCOP1(=O)OC[C@H]2O[C@@H](n3cnc4c(N)nc(N)nc43)[C@](C)(O)[C@@H]2O1. The minimum atomic E-state index is -3.97. The molecule has 38 heavy (non-hydrogen) atoms. The normalized spacial score (nSPS) is 29.6. The van der Waals surface area contributed by atoms with Crippen molar-refractivity contribution in [1.29, 1.82) is 0 Å². The number of aliphatic hydroxyl groups is 1. The lowest BCUT2D eigenvalue weighted by molar-refractivity contribution is -0.0909. The second-order valence-corrected chi connectivity index (χ2v) is 17.4. The number of nitrogen functional groups attached to an aromatic ring is 2. The quantitative estimate of drug-likeness (QED) is 0.132. The maximum Gasteiger partial charge on any atom is 0.475 e. The minimum Gasteiger partial charge on any atom is -0.383 e. The van der Waals surface area contributed by atoms with Crippen molar-refractivity contribution in [1.82, 2.24) is 19.5 Å². The summed E-state index contributed by atoms with van der Waals surface area (Å²) in [4.78, 5) is 13.4. The fraction of sp³-hybridized carbons (Fsp3) is 0.500. The predicted octanol–water partition coefficient (Wildman–Crippen LogP) is 4.33. The van der Waals surface area contributed by atoms with Crippen LogP contribution in [0.3, 0.4) is 0 Å². The molecule has 0 aliphatic carbocycles. The molecule has 4 heterocycles. The lowest BCUT2D eigenvalue weighted by Gasteiger charge is -2.35. The van der Waals surface area contributed by atoms with Crippen LogP contribution in [0.25, 0.3) is 11.2 Å². The highest BCUT2D eigenvalue weighted by atomic mass is 127. The lowest BCUT2D eigenvalue weighted by atomic mass is 9.96. The Labute approximate surface area is 241 Å². The van der Waals surface area contributed by atoms with Crippen LogP contribution >= 0.6 is 52.0 Å². The van der Waals surface area contributed by atoms with Crippen molar-refractivity contribution < 1.29 is 28.0 Å². The van der Waals surface area contributed by atoms with Crippen molar-refractivity contribution in [2.75, 3.05) is 24.7 Å². The third-order valence-electron chi connectivity index (χ3n) is 6.00. The Kier molecular flexibility index (Phi) is 7.96. The van der Waals surface area contributed by atoms with Crippen LogP contribution in [0.15, 0.2) is 35.5 Å². The summed E-state index contributed by atoms with van der Waals surface area (Å²) in [6.07, 6.45) is -0.758. The lowest BCUT2D eigenvalue weighted by Crippen LogP contribution is -2.47. The zero-order chi connectivity index (χ0) is 27.3. The molecule has 3 aromatic rings. The predicted molar refractivity (Wildman–Crippen MR) is 155 cm³/mol. The molecule has 0 radical (unpaired) electrons. The molecule has 2 fully saturated rings. The molecule has 2 aliphatic rings. The first-order valence-electron chi connectivity index (χ1n) is 11.7. The monoisotopic (exact) mass is 694 g/mol. The van der Waals surface area contributed by atoms with E-state index in [9.17, 15) is 9.67 Å². The number of hydrogen-bond donors (Lipinski definition) is 3. The summed E-state index contributed by atoms with van der Waals surface area (Å²) >= 11 is 2.40. The summed E-state index contributed by atoms with van der Waals surface area (Å²) in [5.74, 6) is 0.0660. The fourth-order valence-corrected chi connectivity index (χ4v) is 8.60. The molecule has 1 unspecified atom stereocenters. The van der Waals surface area contributed by atoms with E-state index in [-0.39, 0.29) is 27.7 Å². The smallest absolute Gasteiger partial charge is 0.383 e. The molecular weight excluding hydrogens is 666 g/mol. The number of nitrogens with zero attached hydrogens (tertiary/aromatic N) is 4. The number of phosphoric ester groups is 1. The summed E-state index contributed by atoms with van der Waals surface area (Å²) in [6.45, 7) is 5.84. The topological polar surface area (TPSA) is 170 Å². The van der Waals surface area contributed by atoms with Crippen LogP contribution in [-0.2, 0) is 29.3 Å². The Morgan fingerprint density at radius 3 is 2.87 bits per heavy atom. The van der Waals surface area contributed by atoms with E-state index in [2.05, 4.69) is 57.5 Å². The van der Waals surface area contributed by atoms with E-state index in [1.54, 1.807) is 21.6 Å². The maximum atomic E-state index is 13.4. The van der Waals surface area contributed by atoms with Gasteiger partial charge in [0.2, 0.25) is 5.95 Å². The Morgan fingerprint density at radius 1 is 1.34 bits per heavy atom. The third-order valence-corrected chi connectivity index (χ3v) is 12.1. The van der Waals surface area contributed by atoms with Crippen LogP contribution in [0, 0.1) is 0 Å². The van der Waals surface area contributed by atoms with Gasteiger partial charge in [0.05, 0.1) is 22.3 Å². The van der Waals surface area contributed by atoms with Gasteiger partial charge in [0.1, 0.15) is 23.3 Å². The molecule has 16 heteroatoms. The van der Waals surface area contributed by atoms with Gasteiger partial charge in [0.15, 0.2) is 17.7 Å². The van der Waals surface area contributed by atoms with Gasteiger partial charge < -0.3 is 21.3 Å². The van der Waals surface area contributed by atoms with E-state index in [1.807, 2.05) is 18.2 Å². The second-order valence-electron chi connectivity index (χ2n) is 9.53. The number of ether oxygens (including phenoxy) is 1. The average molecular weight is 695 g/mol. The maximum absolute atomic E-state index is 13.4. The molecule has 1 aromatic carbocycles. The van der Waals surface area contributed by atoms with Gasteiger partial charge in [-0.1, -0.05) is 62.4 Å². The van der Waals surface area contributed by atoms with Crippen LogP contribution in [0.4, 0.5) is 11.8 Å². The first kappa shape index (κ1) is 28.4. The van der Waals surface area contributed by atoms with Gasteiger partial charge in [-0.3, -0.25) is 18.1 Å². The van der Waals surface area contributed by atoms with Crippen molar-refractivity contribution in [2.24, 2.45) is 0 Å². The van der Waals surface area contributed by atoms with Gasteiger partial charge in [-0.15, -0.1) is 0 Å². The van der Waals surface area contributed by atoms with Crippen molar-refractivity contribution in [3.8, 4) is 0 Å². The number of aromatic nitrogens is 4. The number of anilines is 2. The van der Waals surface area contributed by atoms with E-state index in [4.69, 9.17) is 29.8 Å². The number of alkyl halides is 1. The molecule has 0 amide bonds. The van der Waals surface area contributed by atoms with Gasteiger partial charge in [-0.25, -0.2) is 9.55 Å². The molecule has 0 bridgehead atoms. The summed E-state index contributed by atoms with van der Waals surface area (Å²) in [5.41, 5.74) is 11.7. The Morgan fingerprint density at radius 2 is 2.11 bits per heavy atom. The highest BCUT2D eigenvalue weighted by Crippen LogP contribution is 2.59. The molecule has 2 aromatic heterocycles. The fourth-order valence-electron chi connectivity index (χ4n) is 4.27. The first-order valence-corrected chi connectivity index (χ1v) is 16.4. The highest BCUT2D eigenvalue weighted by molar-refractivity contribution is 14.1. The number of benzene rings is 1.